The molecule has 0 radical (unpaired) electrons. The second-order valence-corrected chi connectivity index (χ2v) is 8.86. The van der Waals surface area contributed by atoms with E-state index >= 15 is 0 Å². The molecule has 36 heavy (non-hydrogen) atoms. The van der Waals surface area contributed by atoms with Crippen LogP contribution in [0.15, 0.2) is 70.2 Å². The highest BCUT2D eigenvalue weighted by molar-refractivity contribution is 9.10. The van der Waals surface area contributed by atoms with E-state index in [4.69, 9.17) is 18.9 Å². The van der Waals surface area contributed by atoms with Crippen LogP contribution in [0.1, 0.15) is 41.3 Å². The predicted molar refractivity (Wildman–Crippen MR) is 140 cm³/mol. The second-order valence-electron chi connectivity index (χ2n) is 7.95. The molecule has 0 fully saturated rings. The van der Waals surface area contributed by atoms with E-state index in [0.717, 1.165) is 4.47 Å². The average molecular weight is 555 g/mol. The van der Waals surface area contributed by atoms with Crippen LogP contribution in [0.4, 0.5) is 0 Å². The number of nitrogens with one attached hydrogen (secondary N) is 1. The van der Waals surface area contributed by atoms with Gasteiger partial charge in [0.25, 0.3) is 5.91 Å². The van der Waals surface area contributed by atoms with Crippen LogP contribution in [0, 0.1) is 0 Å². The van der Waals surface area contributed by atoms with Crippen LogP contribution < -0.4 is 24.4 Å². The minimum atomic E-state index is -0.589. The Morgan fingerprint density at radius 3 is 2.31 bits per heavy atom. The van der Waals surface area contributed by atoms with E-state index in [1.165, 1.54) is 32.1 Å². The van der Waals surface area contributed by atoms with Crippen molar-refractivity contribution < 1.29 is 28.5 Å². The Morgan fingerprint density at radius 2 is 1.64 bits per heavy atom. The quantitative estimate of drug-likeness (QED) is 0.157. The smallest absolute Gasteiger partial charge is 0.343 e. The molecule has 0 spiro atoms. The third-order valence-electron chi connectivity index (χ3n) is 5.10. The molecule has 1 N–H and O–H groups in total. The van der Waals surface area contributed by atoms with Crippen molar-refractivity contribution >= 4 is 34.0 Å². The number of esters is 1. The predicted octanol–water partition coefficient (Wildman–Crippen LogP) is 5.34. The Hall–Kier alpha value is -3.85. The Morgan fingerprint density at radius 1 is 0.944 bits per heavy atom. The monoisotopic (exact) mass is 554 g/mol. The fourth-order valence-corrected chi connectivity index (χ4v) is 3.52. The lowest BCUT2D eigenvalue weighted by molar-refractivity contribution is -0.123. The first-order valence-corrected chi connectivity index (χ1v) is 11.9. The number of halogens is 1. The Kier molecular flexibility index (Phi) is 9.46. The molecule has 0 bridgehead atoms. The van der Waals surface area contributed by atoms with Crippen LogP contribution >= 0.6 is 15.9 Å². The molecule has 0 saturated heterocycles. The van der Waals surface area contributed by atoms with Crippen molar-refractivity contribution in [1.29, 1.82) is 0 Å². The number of benzene rings is 3. The molecule has 0 atom stereocenters. The van der Waals surface area contributed by atoms with Crippen molar-refractivity contribution in [1.82, 2.24) is 5.43 Å². The van der Waals surface area contributed by atoms with Crippen LogP contribution in [0.25, 0.3) is 0 Å². The second kappa shape index (κ2) is 12.7. The average Bonchev–Trinajstić information content (AvgIpc) is 2.88. The van der Waals surface area contributed by atoms with Crippen LogP contribution in [0.3, 0.4) is 0 Å². The normalized spacial score (nSPS) is 10.8. The fraction of sp³-hybridized carbons (Fsp3) is 0.222. The number of ether oxygens (including phenoxy) is 4. The maximum absolute atomic E-state index is 12.7. The van der Waals surface area contributed by atoms with E-state index < -0.39 is 11.9 Å². The molecule has 0 aliphatic rings. The number of carbonyl (C=O) groups excluding carboxylic acids is 2. The minimum Gasteiger partial charge on any atom is -0.493 e. The molecule has 1 amide bonds. The molecule has 8 nitrogen and oxygen atoms in total. The van der Waals surface area contributed by atoms with E-state index in [0.29, 0.717) is 28.7 Å². The lowest BCUT2D eigenvalue weighted by Gasteiger charge is -2.11. The van der Waals surface area contributed by atoms with Gasteiger partial charge < -0.3 is 18.9 Å². The number of nitrogens with zero attached hydrogens (tertiary/aromatic N) is 1. The summed E-state index contributed by atoms with van der Waals surface area (Å²) in [5.41, 5.74) is 4.36. The Balaban J connectivity index is 1.62. The van der Waals surface area contributed by atoms with Gasteiger partial charge in [-0.15, -0.1) is 0 Å². The summed E-state index contributed by atoms with van der Waals surface area (Å²) in [4.78, 5) is 24.9. The fourth-order valence-electron chi connectivity index (χ4n) is 3.14. The molecule has 188 valence electrons. The lowest BCUT2D eigenvalue weighted by atomic mass is 10.0. The summed E-state index contributed by atoms with van der Waals surface area (Å²) >= 11 is 3.39. The first kappa shape index (κ1) is 26.7. The number of hydrogen-bond acceptors (Lipinski definition) is 7. The number of hydrogen-bond donors (Lipinski definition) is 1. The van der Waals surface area contributed by atoms with Crippen molar-refractivity contribution in [3.05, 3.63) is 81.8 Å². The largest absolute Gasteiger partial charge is 0.493 e. The highest BCUT2D eigenvalue weighted by atomic mass is 79.9. The van der Waals surface area contributed by atoms with E-state index in [1.807, 2.05) is 24.3 Å². The van der Waals surface area contributed by atoms with E-state index in [9.17, 15) is 9.59 Å². The van der Waals surface area contributed by atoms with Crippen LogP contribution in [-0.2, 0) is 4.79 Å². The van der Waals surface area contributed by atoms with Gasteiger partial charge >= 0.3 is 5.97 Å². The van der Waals surface area contributed by atoms with Gasteiger partial charge in [0.05, 0.1) is 26.0 Å². The molecule has 0 aliphatic carbocycles. The number of hydrazone groups is 1. The van der Waals surface area contributed by atoms with Gasteiger partial charge in [-0.1, -0.05) is 41.9 Å². The SMILES string of the molecule is COc1ccc(C(=O)Oc2ccc(Br)cc2C=NNC(=O)COc2ccc(C(C)C)cc2)cc1OC. The summed E-state index contributed by atoms with van der Waals surface area (Å²) in [5, 5.41) is 3.97. The first-order chi connectivity index (χ1) is 17.3. The zero-order chi connectivity index (χ0) is 26.1. The maximum atomic E-state index is 12.7. The molecule has 0 aromatic heterocycles. The molecule has 0 unspecified atom stereocenters. The zero-order valence-corrected chi connectivity index (χ0v) is 22.0. The van der Waals surface area contributed by atoms with Gasteiger partial charge in [-0.05, 0) is 60.0 Å². The van der Waals surface area contributed by atoms with Crippen LogP contribution in [-0.4, -0.2) is 38.9 Å². The van der Waals surface area contributed by atoms with Gasteiger partial charge in [0.2, 0.25) is 0 Å². The summed E-state index contributed by atoms with van der Waals surface area (Å²) in [6.45, 7) is 4.02. The van der Waals surface area contributed by atoms with E-state index in [-0.39, 0.29) is 17.9 Å². The molecular formula is C27H27BrN2O6. The van der Waals surface area contributed by atoms with Gasteiger partial charge in [-0.3, -0.25) is 4.79 Å². The number of carbonyl (C=O) groups is 2. The summed E-state index contributed by atoms with van der Waals surface area (Å²) in [6, 6.07) is 17.4. The highest BCUT2D eigenvalue weighted by Gasteiger charge is 2.15. The number of rotatable bonds is 10. The van der Waals surface area contributed by atoms with Gasteiger partial charge in [0.15, 0.2) is 18.1 Å². The molecule has 9 heteroatoms. The van der Waals surface area contributed by atoms with Gasteiger partial charge in [-0.25, -0.2) is 10.2 Å². The third-order valence-corrected chi connectivity index (χ3v) is 5.60. The third kappa shape index (κ3) is 7.32. The summed E-state index contributed by atoms with van der Waals surface area (Å²) in [5.74, 6) is 1.15. The Labute approximate surface area is 218 Å². The van der Waals surface area contributed by atoms with Gasteiger partial charge in [0, 0.05) is 10.0 Å². The minimum absolute atomic E-state index is 0.196. The van der Waals surface area contributed by atoms with E-state index in [1.54, 1.807) is 30.3 Å². The topological polar surface area (TPSA) is 95.5 Å². The first-order valence-electron chi connectivity index (χ1n) is 11.1. The molecule has 3 rings (SSSR count). The molecule has 0 saturated carbocycles. The lowest BCUT2D eigenvalue weighted by Crippen LogP contribution is -2.24. The van der Waals surface area contributed by atoms with Crippen LogP contribution in [0.2, 0.25) is 0 Å². The highest BCUT2D eigenvalue weighted by Crippen LogP contribution is 2.29. The maximum Gasteiger partial charge on any atom is 0.343 e. The summed E-state index contributed by atoms with van der Waals surface area (Å²) < 4.78 is 22.3. The van der Waals surface area contributed by atoms with Crippen LogP contribution in [0.5, 0.6) is 23.0 Å². The van der Waals surface area contributed by atoms with Gasteiger partial charge in [-0.2, -0.15) is 5.10 Å². The van der Waals surface area contributed by atoms with Crippen molar-refractivity contribution in [2.24, 2.45) is 5.10 Å². The molecular weight excluding hydrogens is 528 g/mol. The zero-order valence-electron chi connectivity index (χ0n) is 20.4. The molecule has 3 aromatic carbocycles. The Bertz CT molecular complexity index is 1240. The standard InChI is InChI=1S/C27H27BrN2O6/c1-17(2)18-5-9-22(10-6-18)35-16-26(31)30-29-15-20-13-21(28)8-12-23(20)36-27(32)19-7-11-24(33-3)25(14-19)34-4/h5-15,17H,16H2,1-4H3,(H,30,31). The van der Waals surface area contributed by atoms with E-state index in [2.05, 4.69) is 40.3 Å². The van der Waals surface area contributed by atoms with Crippen molar-refractivity contribution in [2.45, 2.75) is 19.8 Å². The van der Waals surface area contributed by atoms with Gasteiger partial charge in [0.1, 0.15) is 11.5 Å². The van der Waals surface area contributed by atoms with Crippen molar-refractivity contribution in [3.63, 3.8) is 0 Å². The summed E-state index contributed by atoms with van der Waals surface area (Å²) in [7, 11) is 3.00. The molecule has 3 aromatic rings. The summed E-state index contributed by atoms with van der Waals surface area (Å²) in [6.07, 6.45) is 1.39. The van der Waals surface area contributed by atoms with Crippen molar-refractivity contribution in [3.8, 4) is 23.0 Å². The number of amides is 1. The number of methoxy groups -OCH3 is 2. The molecule has 0 aliphatic heterocycles. The van der Waals surface area contributed by atoms with Crippen molar-refractivity contribution in [2.75, 3.05) is 20.8 Å². The molecule has 0 heterocycles.